The maximum absolute atomic E-state index is 8.22. The maximum Gasteiger partial charge on any atom is 0.279 e. The molecule has 1 unspecified atom stereocenters. The lowest BCUT2D eigenvalue weighted by Gasteiger charge is -2.29. The highest BCUT2D eigenvalue weighted by Crippen LogP contribution is 2.35. The Hall–Kier alpha value is -1.59. The molecule has 5 nitrogen and oxygen atoms in total. The quantitative estimate of drug-likeness (QED) is 0.673. The van der Waals surface area contributed by atoms with Gasteiger partial charge in [0.2, 0.25) is 0 Å². The first-order valence-electron chi connectivity index (χ1n) is 8.84. The molecule has 1 atom stereocenters. The predicted octanol–water partition coefficient (Wildman–Crippen LogP) is 3.86. The molecular weight excluding hydrogens is 304 g/mol. The standard InChI is InChI=1S/C19H30N2O3/c1-6-23-19(24-7-2)17-9-8-15(11-16(17)18(20)21-19)22-12-14(5)10-13(3)4/h8-9,11,13-14H,6-7,10,12H2,1-5H3,(H2,20,21). The summed E-state index contributed by atoms with van der Waals surface area (Å²) < 4.78 is 17.5. The fourth-order valence-electron chi connectivity index (χ4n) is 3.19. The molecule has 0 spiro atoms. The third-order valence-electron chi connectivity index (χ3n) is 4.01. The van der Waals surface area contributed by atoms with Crippen molar-refractivity contribution in [2.75, 3.05) is 19.8 Å². The van der Waals surface area contributed by atoms with Crippen LogP contribution in [0.1, 0.15) is 52.2 Å². The van der Waals surface area contributed by atoms with Crippen LogP contribution in [-0.4, -0.2) is 25.7 Å². The summed E-state index contributed by atoms with van der Waals surface area (Å²) >= 11 is 0. The smallest absolute Gasteiger partial charge is 0.279 e. The van der Waals surface area contributed by atoms with Crippen molar-refractivity contribution in [3.05, 3.63) is 29.3 Å². The van der Waals surface area contributed by atoms with Gasteiger partial charge >= 0.3 is 0 Å². The van der Waals surface area contributed by atoms with Crippen molar-refractivity contribution >= 4 is 5.84 Å². The van der Waals surface area contributed by atoms with Crippen molar-refractivity contribution in [2.24, 2.45) is 11.8 Å². The first-order valence-corrected chi connectivity index (χ1v) is 8.84. The van der Waals surface area contributed by atoms with Crippen LogP contribution in [0.5, 0.6) is 5.75 Å². The van der Waals surface area contributed by atoms with Crippen LogP contribution in [0.2, 0.25) is 0 Å². The molecule has 0 radical (unpaired) electrons. The van der Waals surface area contributed by atoms with E-state index in [0.717, 1.165) is 23.3 Å². The SMILES string of the molecule is CCOC1(OCC)NC(=N)c2cc(OCC(C)CC(C)C)ccc21. The summed E-state index contributed by atoms with van der Waals surface area (Å²) in [6.07, 6.45) is 1.14. The van der Waals surface area contributed by atoms with Crippen LogP contribution < -0.4 is 10.1 Å². The van der Waals surface area contributed by atoms with E-state index < -0.39 is 5.91 Å². The molecule has 1 aliphatic rings. The highest BCUT2D eigenvalue weighted by molar-refractivity contribution is 6.01. The Kier molecular flexibility index (Phi) is 6.24. The lowest BCUT2D eigenvalue weighted by molar-refractivity contribution is -0.249. The number of hydrogen-bond donors (Lipinski definition) is 2. The lowest BCUT2D eigenvalue weighted by atomic mass is 10.00. The lowest BCUT2D eigenvalue weighted by Crippen LogP contribution is -2.44. The second-order valence-electron chi connectivity index (χ2n) is 6.74. The van der Waals surface area contributed by atoms with Crippen LogP contribution in [-0.2, 0) is 15.4 Å². The molecule has 2 N–H and O–H groups in total. The van der Waals surface area contributed by atoms with Crippen molar-refractivity contribution in [2.45, 2.75) is 47.0 Å². The fraction of sp³-hybridized carbons (Fsp3) is 0.632. The molecule has 5 heteroatoms. The fourth-order valence-corrected chi connectivity index (χ4v) is 3.19. The van der Waals surface area contributed by atoms with Gasteiger partial charge in [-0.15, -0.1) is 0 Å². The zero-order valence-corrected chi connectivity index (χ0v) is 15.4. The topological polar surface area (TPSA) is 63.6 Å². The van der Waals surface area contributed by atoms with Crippen LogP contribution in [0.4, 0.5) is 0 Å². The van der Waals surface area contributed by atoms with Gasteiger partial charge in [-0.05, 0) is 50.3 Å². The zero-order valence-electron chi connectivity index (χ0n) is 15.4. The maximum atomic E-state index is 8.22. The molecule has 24 heavy (non-hydrogen) atoms. The van der Waals surface area contributed by atoms with Gasteiger partial charge in [0.15, 0.2) is 0 Å². The van der Waals surface area contributed by atoms with Gasteiger partial charge in [-0.1, -0.05) is 20.8 Å². The largest absolute Gasteiger partial charge is 0.493 e. The molecule has 0 fully saturated rings. The van der Waals surface area contributed by atoms with Crippen molar-refractivity contribution in [1.29, 1.82) is 5.41 Å². The van der Waals surface area contributed by atoms with Crippen LogP contribution in [0.25, 0.3) is 0 Å². The number of benzene rings is 1. The molecule has 2 rings (SSSR count). The van der Waals surface area contributed by atoms with E-state index in [0.29, 0.717) is 37.5 Å². The van der Waals surface area contributed by atoms with Gasteiger partial charge in [-0.25, -0.2) is 0 Å². The number of rotatable bonds is 9. The highest BCUT2D eigenvalue weighted by Gasteiger charge is 2.43. The van der Waals surface area contributed by atoms with Gasteiger partial charge in [0.25, 0.3) is 5.91 Å². The third kappa shape index (κ3) is 4.08. The average molecular weight is 334 g/mol. The third-order valence-corrected chi connectivity index (χ3v) is 4.01. The Morgan fingerprint density at radius 2 is 1.79 bits per heavy atom. The van der Waals surface area contributed by atoms with E-state index in [1.54, 1.807) is 0 Å². The molecule has 0 aromatic heterocycles. The van der Waals surface area contributed by atoms with Gasteiger partial charge in [-0.2, -0.15) is 0 Å². The van der Waals surface area contributed by atoms with Gasteiger partial charge in [0.1, 0.15) is 11.6 Å². The number of amidine groups is 1. The van der Waals surface area contributed by atoms with Gasteiger partial charge in [0.05, 0.1) is 6.61 Å². The second kappa shape index (κ2) is 7.99. The van der Waals surface area contributed by atoms with Gasteiger partial charge in [-0.3, -0.25) is 5.41 Å². The van der Waals surface area contributed by atoms with Crippen molar-refractivity contribution in [1.82, 2.24) is 5.32 Å². The van der Waals surface area contributed by atoms with E-state index in [1.807, 2.05) is 32.0 Å². The molecule has 0 amide bonds. The number of nitrogens with one attached hydrogen (secondary N) is 2. The summed E-state index contributed by atoms with van der Waals surface area (Å²) in [6.45, 7) is 12.1. The molecule has 1 aliphatic heterocycles. The van der Waals surface area contributed by atoms with Crippen LogP contribution >= 0.6 is 0 Å². The molecule has 0 saturated heterocycles. The summed E-state index contributed by atoms with van der Waals surface area (Å²) in [5.41, 5.74) is 1.60. The molecule has 0 bridgehead atoms. The van der Waals surface area contributed by atoms with E-state index in [9.17, 15) is 0 Å². The number of fused-ring (bicyclic) bond motifs is 1. The highest BCUT2D eigenvalue weighted by atomic mass is 16.7. The minimum atomic E-state index is -1.06. The van der Waals surface area contributed by atoms with Gasteiger partial charge < -0.3 is 19.5 Å². The van der Waals surface area contributed by atoms with Crippen molar-refractivity contribution in [3.63, 3.8) is 0 Å². The Morgan fingerprint density at radius 3 is 2.38 bits per heavy atom. The molecule has 134 valence electrons. The summed E-state index contributed by atoms with van der Waals surface area (Å²) in [7, 11) is 0. The Bertz CT molecular complexity index is 566. The van der Waals surface area contributed by atoms with Crippen molar-refractivity contribution in [3.8, 4) is 5.75 Å². The molecule has 0 saturated carbocycles. The molecule has 1 aromatic carbocycles. The van der Waals surface area contributed by atoms with E-state index in [4.69, 9.17) is 19.6 Å². The van der Waals surface area contributed by atoms with E-state index in [-0.39, 0.29) is 0 Å². The average Bonchev–Trinajstić information content (AvgIpc) is 2.78. The molecule has 1 aromatic rings. The van der Waals surface area contributed by atoms with E-state index in [1.165, 1.54) is 0 Å². The molecule has 1 heterocycles. The summed E-state index contributed by atoms with van der Waals surface area (Å²) in [5, 5.41) is 11.3. The monoisotopic (exact) mass is 334 g/mol. The first kappa shape index (κ1) is 18.7. The van der Waals surface area contributed by atoms with Crippen LogP contribution in [0.3, 0.4) is 0 Å². The Labute approximate surface area is 145 Å². The Morgan fingerprint density at radius 1 is 1.12 bits per heavy atom. The summed E-state index contributed by atoms with van der Waals surface area (Å²) in [4.78, 5) is 0. The minimum Gasteiger partial charge on any atom is -0.493 e. The van der Waals surface area contributed by atoms with Crippen molar-refractivity contribution < 1.29 is 14.2 Å². The minimum absolute atomic E-state index is 0.299. The normalized spacial score (nSPS) is 16.8. The molecule has 0 aliphatic carbocycles. The summed E-state index contributed by atoms with van der Waals surface area (Å²) in [5.74, 6) is 1.19. The zero-order chi connectivity index (χ0) is 17.7. The van der Waals surface area contributed by atoms with E-state index >= 15 is 0 Å². The number of ether oxygens (including phenoxy) is 3. The van der Waals surface area contributed by atoms with E-state index in [2.05, 4.69) is 26.1 Å². The van der Waals surface area contributed by atoms with Crippen LogP contribution in [0, 0.1) is 17.2 Å². The Balaban J connectivity index is 2.16. The second-order valence-corrected chi connectivity index (χ2v) is 6.74. The predicted molar refractivity (Wildman–Crippen MR) is 95.5 cm³/mol. The molecular formula is C19H30N2O3. The first-order chi connectivity index (χ1) is 11.4. The number of hydrogen-bond acceptors (Lipinski definition) is 4. The summed E-state index contributed by atoms with van der Waals surface area (Å²) in [6, 6.07) is 5.75. The van der Waals surface area contributed by atoms with Gasteiger partial charge in [0, 0.05) is 24.3 Å². The van der Waals surface area contributed by atoms with Crippen LogP contribution in [0.15, 0.2) is 18.2 Å².